The minimum Gasteiger partial charge on any atom is -0.378 e. The van der Waals surface area contributed by atoms with Gasteiger partial charge in [0.25, 0.3) is 0 Å². The quantitative estimate of drug-likeness (QED) is 0.718. The van der Waals surface area contributed by atoms with Gasteiger partial charge >= 0.3 is 0 Å². The van der Waals surface area contributed by atoms with Gasteiger partial charge in [-0.15, -0.1) is 9.24 Å². The third-order valence-electron chi connectivity index (χ3n) is 5.10. The molecule has 0 aromatic heterocycles. The fourth-order valence-electron chi connectivity index (χ4n) is 3.66. The number of hydrogen-bond acceptors (Lipinski definition) is 3. The highest BCUT2D eigenvalue weighted by atomic mass is 31.0. The van der Waals surface area contributed by atoms with E-state index < -0.39 is 0 Å². The topological polar surface area (TPSA) is 38.7 Å². The van der Waals surface area contributed by atoms with Crippen LogP contribution in [0.1, 0.15) is 57.1 Å². The lowest BCUT2D eigenvalue weighted by molar-refractivity contribution is -0.118. The van der Waals surface area contributed by atoms with E-state index in [-0.39, 0.29) is 11.9 Å². The van der Waals surface area contributed by atoms with Gasteiger partial charge in [0.2, 0.25) is 0 Å². The lowest BCUT2D eigenvalue weighted by atomic mass is 9.91. The summed E-state index contributed by atoms with van der Waals surface area (Å²) >= 11 is 0. The van der Waals surface area contributed by atoms with Crippen LogP contribution in [-0.2, 0) is 9.53 Å². The zero-order valence-corrected chi connectivity index (χ0v) is 16.6. The summed E-state index contributed by atoms with van der Waals surface area (Å²) in [5.74, 6) is 0.543. The van der Waals surface area contributed by atoms with E-state index >= 15 is 0 Å². The smallest absolute Gasteiger partial charge is 0.130 e. The first-order valence-corrected chi connectivity index (χ1v) is 9.76. The Morgan fingerprint density at radius 3 is 2.96 bits per heavy atom. The van der Waals surface area contributed by atoms with Crippen LogP contribution in [0.3, 0.4) is 0 Å². The fraction of sp³-hybridized carbons (Fsp3) is 0.524. The van der Waals surface area contributed by atoms with Crippen molar-refractivity contribution in [1.82, 2.24) is 0 Å². The second kappa shape index (κ2) is 7.93. The Hall–Kier alpha value is -1.31. The van der Waals surface area contributed by atoms with E-state index in [4.69, 9.17) is 9.73 Å². The van der Waals surface area contributed by atoms with Crippen LogP contribution in [0, 0.1) is 12.8 Å². The molecule has 25 heavy (non-hydrogen) atoms. The molecule has 2 aliphatic rings. The number of carbonyl (C=O) groups is 1. The van der Waals surface area contributed by atoms with Gasteiger partial charge in [0.1, 0.15) is 5.78 Å². The van der Waals surface area contributed by atoms with Crippen LogP contribution in [0.4, 0.5) is 0 Å². The standard InChI is InChI=1S/C21H28NO2P/c1-13(8-15(3)23)12-24-18-6-7-19-17(9-18)10-20(22-19)16-5-4-14(2)21(25)11-16/h4-5,11,13,18H,6-10,12,25H2,1-3H3. The average Bonchev–Trinajstić information content (AvgIpc) is 2.98. The van der Waals surface area contributed by atoms with E-state index in [1.54, 1.807) is 6.92 Å². The Balaban J connectivity index is 1.56. The predicted molar refractivity (Wildman–Crippen MR) is 107 cm³/mol. The van der Waals surface area contributed by atoms with Gasteiger partial charge in [-0.05, 0) is 67.1 Å². The molecule has 4 heteroatoms. The highest BCUT2D eigenvalue weighted by Gasteiger charge is 2.27. The monoisotopic (exact) mass is 357 g/mol. The summed E-state index contributed by atoms with van der Waals surface area (Å²) in [4.78, 5) is 16.1. The van der Waals surface area contributed by atoms with Gasteiger partial charge in [0.15, 0.2) is 0 Å². The SMILES string of the molecule is CC(=O)CC(C)COC1CCC2=C(CC(c3ccc(C)c(P)c3)=N2)C1. The molecule has 3 atom stereocenters. The summed E-state index contributed by atoms with van der Waals surface area (Å²) in [6.07, 6.45) is 4.85. The van der Waals surface area contributed by atoms with Crippen molar-refractivity contribution < 1.29 is 9.53 Å². The Morgan fingerprint density at radius 2 is 2.24 bits per heavy atom. The van der Waals surface area contributed by atoms with E-state index in [0.717, 1.165) is 25.7 Å². The number of benzene rings is 1. The highest BCUT2D eigenvalue weighted by molar-refractivity contribution is 7.27. The lowest BCUT2D eigenvalue weighted by Gasteiger charge is -2.24. The zero-order valence-electron chi connectivity index (χ0n) is 15.5. The third kappa shape index (κ3) is 4.65. The number of hydrogen-bond donors (Lipinski definition) is 0. The van der Waals surface area contributed by atoms with Crippen molar-refractivity contribution in [2.45, 2.75) is 59.0 Å². The van der Waals surface area contributed by atoms with Crippen molar-refractivity contribution in [3.05, 3.63) is 40.6 Å². The van der Waals surface area contributed by atoms with Crippen LogP contribution in [0.5, 0.6) is 0 Å². The molecule has 1 aliphatic carbocycles. The Bertz CT molecular complexity index is 735. The maximum Gasteiger partial charge on any atom is 0.130 e. The van der Waals surface area contributed by atoms with Gasteiger partial charge in [-0.25, -0.2) is 0 Å². The molecule has 1 aromatic carbocycles. The molecular formula is C21H28NO2P. The summed E-state index contributed by atoms with van der Waals surface area (Å²) in [6.45, 7) is 6.54. The molecular weight excluding hydrogens is 329 g/mol. The van der Waals surface area contributed by atoms with Crippen molar-refractivity contribution in [1.29, 1.82) is 0 Å². The van der Waals surface area contributed by atoms with Crippen LogP contribution in [-0.4, -0.2) is 24.2 Å². The second-order valence-electron chi connectivity index (χ2n) is 7.57. The molecule has 0 bridgehead atoms. The van der Waals surface area contributed by atoms with Gasteiger partial charge in [-0.3, -0.25) is 4.99 Å². The third-order valence-corrected chi connectivity index (χ3v) is 5.72. The predicted octanol–water partition coefficient (Wildman–Crippen LogP) is 4.13. The number of Topliss-reactive ketones (excluding diaryl/α,β-unsaturated/α-hetero) is 1. The Labute approximate surface area is 153 Å². The second-order valence-corrected chi connectivity index (χ2v) is 8.19. The first kappa shape index (κ1) is 18.5. The van der Waals surface area contributed by atoms with Gasteiger partial charge in [-0.1, -0.05) is 19.1 Å². The van der Waals surface area contributed by atoms with Crippen LogP contribution in [0.15, 0.2) is 34.5 Å². The maximum atomic E-state index is 11.2. The molecule has 0 radical (unpaired) electrons. The summed E-state index contributed by atoms with van der Waals surface area (Å²) in [6, 6.07) is 6.56. The number of allylic oxidation sites excluding steroid dienone is 1. The first-order chi connectivity index (χ1) is 11.9. The van der Waals surface area contributed by atoms with Crippen LogP contribution >= 0.6 is 9.24 Å². The molecule has 1 heterocycles. The van der Waals surface area contributed by atoms with Gasteiger partial charge in [0, 0.05) is 25.1 Å². The van der Waals surface area contributed by atoms with E-state index in [1.165, 1.54) is 33.4 Å². The molecule has 1 aliphatic heterocycles. The molecule has 0 amide bonds. The van der Waals surface area contributed by atoms with Crippen molar-refractivity contribution in [3.63, 3.8) is 0 Å². The van der Waals surface area contributed by atoms with Crippen molar-refractivity contribution >= 4 is 26.0 Å². The zero-order chi connectivity index (χ0) is 18.0. The molecule has 3 unspecified atom stereocenters. The van der Waals surface area contributed by atoms with Gasteiger partial charge < -0.3 is 9.53 Å². The molecule has 1 aromatic rings. The lowest BCUT2D eigenvalue weighted by Crippen LogP contribution is -2.21. The number of ether oxygens (including phenoxy) is 1. The molecule has 0 spiro atoms. The summed E-state index contributed by atoms with van der Waals surface area (Å²) in [5.41, 5.74) is 6.43. The fourth-order valence-corrected chi connectivity index (χ4v) is 3.94. The normalized spacial score (nSPS) is 21.1. The van der Waals surface area contributed by atoms with Gasteiger partial charge in [0.05, 0.1) is 11.8 Å². The van der Waals surface area contributed by atoms with Gasteiger partial charge in [-0.2, -0.15) is 0 Å². The van der Waals surface area contributed by atoms with E-state index in [1.807, 2.05) is 0 Å². The van der Waals surface area contributed by atoms with Crippen molar-refractivity contribution in [2.75, 3.05) is 6.61 Å². The molecule has 0 saturated heterocycles. The maximum absolute atomic E-state index is 11.2. The van der Waals surface area contributed by atoms with Crippen molar-refractivity contribution in [3.8, 4) is 0 Å². The minimum absolute atomic E-state index is 0.241. The van der Waals surface area contributed by atoms with E-state index in [9.17, 15) is 4.79 Å². The van der Waals surface area contributed by atoms with Crippen LogP contribution in [0.2, 0.25) is 0 Å². The molecule has 3 nitrogen and oxygen atoms in total. The largest absolute Gasteiger partial charge is 0.378 e. The number of nitrogens with zero attached hydrogens (tertiary/aromatic N) is 1. The highest BCUT2D eigenvalue weighted by Crippen LogP contribution is 2.35. The van der Waals surface area contributed by atoms with Crippen LogP contribution < -0.4 is 5.30 Å². The summed E-state index contributed by atoms with van der Waals surface area (Å²) in [5, 5.41) is 1.24. The number of ketones is 1. The molecule has 0 saturated carbocycles. The number of rotatable bonds is 6. The molecule has 0 fully saturated rings. The summed E-state index contributed by atoms with van der Waals surface area (Å²) in [7, 11) is 2.81. The average molecular weight is 357 g/mol. The number of aryl methyl sites for hydroxylation is 1. The van der Waals surface area contributed by atoms with E-state index in [0.29, 0.717) is 18.9 Å². The summed E-state index contributed by atoms with van der Waals surface area (Å²) < 4.78 is 6.09. The Morgan fingerprint density at radius 1 is 1.44 bits per heavy atom. The number of aliphatic imine (C=N–C) groups is 1. The Kier molecular flexibility index (Phi) is 5.86. The number of carbonyl (C=O) groups excluding carboxylic acids is 1. The van der Waals surface area contributed by atoms with E-state index in [2.05, 4.69) is 41.3 Å². The molecule has 134 valence electrons. The molecule has 0 N–H and O–H groups in total. The first-order valence-electron chi connectivity index (χ1n) is 9.18. The van der Waals surface area contributed by atoms with Crippen molar-refractivity contribution in [2.24, 2.45) is 10.9 Å². The minimum atomic E-state index is 0.241. The van der Waals surface area contributed by atoms with Crippen LogP contribution in [0.25, 0.3) is 0 Å². The molecule has 3 rings (SSSR count).